The van der Waals surface area contributed by atoms with Gasteiger partial charge in [0, 0.05) is 19.6 Å². The van der Waals surface area contributed by atoms with Gasteiger partial charge in [0.2, 0.25) is 5.91 Å². The molecule has 0 aliphatic carbocycles. The highest BCUT2D eigenvalue weighted by molar-refractivity contribution is 5.81. The number of rotatable bonds is 4. The largest absolute Gasteiger partial charge is 0.342 e. The molecule has 1 aromatic heterocycles. The number of hydrogen-bond acceptors (Lipinski definition) is 3. The molecular formula is C21H24N4O2. The Morgan fingerprint density at radius 2 is 1.81 bits per heavy atom. The minimum absolute atomic E-state index is 0.137. The number of hydrogen-bond donors (Lipinski definition) is 3. The molecule has 0 spiro atoms. The van der Waals surface area contributed by atoms with Crippen LogP contribution in [0.5, 0.6) is 0 Å². The van der Waals surface area contributed by atoms with Crippen LogP contribution in [0.25, 0.3) is 11.0 Å². The molecule has 27 heavy (non-hydrogen) atoms. The summed E-state index contributed by atoms with van der Waals surface area (Å²) in [5.74, 6) is 0.605. The minimum Gasteiger partial charge on any atom is -0.342 e. The Balaban J connectivity index is 1.40. The van der Waals surface area contributed by atoms with Gasteiger partial charge in [0.15, 0.2) is 0 Å². The average Bonchev–Trinajstić information content (AvgIpc) is 3.07. The lowest BCUT2D eigenvalue weighted by molar-refractivity contribution is -0.131. The van der Waals surface area contributed by atoms with Crippen molar-refractivity contribution in [2.45, 2.75) is 31.7 Å². The molecule has 6 nitrogen and oxygen atoms in total. The lowest BCUT2D eigenvalue weighted by Gasteiger charge is -2.33. The fourth-order valence-corrected chi connectivity index (χ4v) is 4.03. The number of carbonyl (C=O) groups excluding carboxylic acids is 1. The Bertz CT molecular complexity index is 1010. The van der Waals surface area contributed by atoms with Crippen LogP contribution in [0.1, 0.15) is 35.4 Å². The van der Waals surface area contributed by atoms with Gasteiger partial charge in [-0.05, 0) is 47.6 Å². The number of likely N-dealkylation sites (tertiary alicyclic amines) is 1. The van der Waals surface area contributed by atoms with Crippen LogP contribution in [-0.4, -0.2) is 33.9 Å². The van der Waals surface area contributed by atoms with E-state index >= 15 is 0 Å². The topological polar surface area (TPSA) is 95.0 Å². The van der Waals surface area contributed by atoms with Gasteiger partial charge >= 0.3 is 5.69 Å². The number of fused-ring (bicyclic) bond motifs is 1. The van der Waals surface area contributed by atoms with Crippen molar-refractivity contribution in [1.29, 1.82) is 0 Å². The van der Waals surface area contributed by atoms with Crippen molar-refractivity contribution in [2.75, 3.05) is 13.1 Å². The van der Waals surface area contributed by atoms with Gasteiger partial charge in [-0.1, -0.05) is 30.3 Å². The van der Waals surface area contributed by atoms with E-state index in [9.17, 15) is 9.59 Å². The van der Waals surface area contributed by atoms with E-state index in [0.717, 1.165) is 42.5 Å². The lowest BCUT2D eigenvalue weighted by Crippen LogP contribution is -2.39. The fourth-order valence-electron chi connectivity index (χ4n) is 4.03. The van der Waals surface area contributed by atoms with Crippen LogP contribution in [0.2, 0.25) is 0 Å². The molecule has 2 aromatic carbocycles. The third-order valence-corrected chi connectivity index (χ3v) is 5.50. The summed E-state index contributed by atoms with van der Waals surface area (Å²) in [5.41, 5.74) is 10.6. The highest BCUT2D eigenvalue weighted by Gasteiger charge is 2.25. The molecule has 6 heteroatoms. The van der Waals surface area contributed by atoms with E-state index in [1.165, 1.54) is 11.1 Å². The number of aromatic amines is 2. The van der Waals surface area contributed by atoms with Gasteiger partial charge < -0.3 is 20.6 Å². The molecular weight excluding hydrogens is 340 g/mol. The number of H-pyrrole nitrogens is 2. The molecule has 3 aromatic rings. The third-order valence-electron chi connectivity index (χ3n) is 5.50. The second-order valence-electron chi connectivity index (χ2n) is 7.19. The van der Waals surface area contributed by atoms with Gasteiger partial charge in [-0.2, -0.15) is 0 Å². The zero-order chi connectivity index (χ0) is 18.8. The summed E-state index contributed by atoms with van der Waals surface area (Å²) in [5, 5.41) is 0. The first-order valence-electron chi connectivity index (χ1n) is 9.40. The second-order valence-corrected chi connectivity index (χ2v) is 7.19. The highest BCUT2D eigenvalue weighted by Crippen LogP contribution is 2.30. The Hall–Kier alpha value is -2.86. The second kappa shape index (κ2) is 7.40. The van der Waals surface area contributed by atoms with Crippen molar-refractivity contribution < 1.29 is 4.79 Å². The Labute approximate surface area is 157 Å². The number of imidazole rings is 1. The maximum atomic E-state index is 12.7. The van der Waals surface area contributed by atoms with E-state index in [4.69, 9.17) is 5.73 Å². The Morgan fingerprint density at radius 1 is 1.07 bits per heavy atom. The summed E-state index contributed by atoms with van der Waals surface area (Å²) >= 11 is 0. The van der Waals surface area contributed by atoms with Gasteiger partial charge in [0.05, 0.1) is 17.5 Å². The summed E-state index contributed by atoms with van der Waals surface area (Å²) in [6, 6.07) is 14.0. The van der Waals surface area contributed by atoms with E-state index < -0.39 is 0 Å². The number of amides is 1. The monoisotopic (exact) mass is 364 g/mol. The van der Waals surface area contributed by atoms with Crippen molar-refractivity contribution in [2.24, 2.45) is 5.73 Å². The maximum Gasteiger partial charge on any atom is 0.323 e. The summed E-state index contributed by atoms with van der Waals surface area (Å²) in [7, 11) is 0. The zero-order valence-corrected chi connectivity index (χ0v) is 15.2. The molecule has 0 unspecified atom stereocenters. The number of piperidine rings is 1. The molecule has 0 bridgehead atoms. The van der Waals surface area contributed by atoms with Crippen LogP contribution < -0.4 is 11.4 Å². The van der Waals surface area contributed by atoms with Gasteiger partial charge in [0.1, 0.15) is 0 Å². The normalized spacial score (nSPS) is 15.4. The minimum atomic E-state index is -0.228. The first-order valence-corrected chi connectivity index (χ1v) is 9.40. The number of carbonyl (C=O) groups is 1. The smallest absolute Gasteiger partial charge is 0.323 e. The molecule has 1 aliphatic rings. The molecule has 0 radical (unpaired) electrons. The molecule has 4 N–H and O–H groups in total. The lowest BCUT2D eigenvalue weighted by atomic mass is 9.86. The molecule has 0 atom stereocenters. The van der Waals surface area contributed by atoms with Crippen LogP contribution in [0, 0.1) is 0 Å². The first kappa shape index (κ1) is 17.5. The molecule has 1 aliphatic heterocycles. The average molecular weight is 364 g/mol. The quantitative estimate of drug-likeness (QED) is 0.663. The zero-order valence-electron chi connectivity index (χ0n) is 15.2. The van der Waals surface area contributed by atoms with E-state index in [0.29, 0.717) is 18.9 Å². The summed E-state index contributed by atoms with van der Waals surface area (Å²) in [6.07, 6.45) is 2.28. The molecule has 140 valence electrons. The third kappa shape index (κ3) is 3.66. The highest BCUT2D eigenvalue weighted by atomic mass is 16.2. The molecule has 0 saturated carbocycles. The predicted octanol–water partition coefficient (Wildman–Crippen LogP) is 2.26. The fraction of sp³-hybridized carbons (Fsp3) is 0.333. The van der Waals surface area contributed by atoms with Crippen molar-refractivity contribution in [3.05, 3.63) is 69.6 Å². The van der Waals surface area contributed by atoms with E-state index in [1.54, 1.807) is 0 Å². The summed E-state index contributed by atoms with van der Waals surface area (Å²) in [6.45, 7) is 2.09. The van der Waals surface area contributed by atoms with Crippen molar-refractivity contribution in [3.8, 4) is 0 Å². The van der Waals surface area contributed by atoms with Crippen molar-refractivity contribution in [1.82, 2.24) is 14.9 Å². The number of nitrogens with one attached hydrogen (secondary N) is 2. The molecule has 4 rings (SSSR count). The number of nitrogens with two attached hydrogens (primary N) is 1. The maximum absolute atomic E-state index is 12.7. The predicted molar refractivity (Wildman–Crippen MR) is 106 cm³/mol. The number of benzene rings is 2. The van der Waals surface area contributed by atoms with Crippen LogP contribution >= 0.6 is 0 Å². The van der Waals surface area contributed by atoms with Crippen LogP contribution in [0.4, 0.5) is 0 Å². The van der Waals surface area contributed by atoms with Crippen molar-refractivity contribution >= 4 is 16.9 Å². The van der Waals surface area contributed by atoms with Gasteiger partial charge in [-0.3, -0.25) is 4.79 Å². The number of nitrogens with zero attached hydrogens (tertiary/aromatic N) is 1. The molecule has 2 heterocycles. The Morgan fingerprint density at radius 3 is 2.59 bits per heavy atom. The number of aromatic nitrogens is 2. The van der Waals surface area contributed by atoms with E-state index in [-0.39, 0.29) is 11.6 Å². The molecule has 1 amide bonds. The standard InChI is InChI=1S/C21H24N4O2/c22-13-16-3-1-2-4-17(16)15-7-9-25(10-8-15)20(26)12-14-5-6-18-19(11-14)24-21(27)23-18/h1-6,11,15H,7-10,12-13,22H2,(H2,23,24,27). The van der Waals surface area contributed by atoms with Crippen LogP contribution in [0.3, 0.4) is 0 Å². The van der Waals surface area contributed by atoms with Gasteiger partial charge in [-0.15, -0.1) is 0 Å². The van der Waals surface area contributed by atoms with Crippen LogP contribution in [-0.2, 0) is 17.8 Å². The van der Waals surface area contributed by atoms with Crippen molar-refractivity contribution in [3.63, 3.8) is 0 Å². The van der Waals surface area contributed by atoms with E-state index in [2.05, 4.69) is 28.2 Å². The summed E-state index contributed by atoms with van der Waals surface area (Å²) in [4.78, 5) is 31.5. The molecule has 1 fully saturated rings. The van der Waals surface area contributed by atoms with Crippen LogP contribution in [0.15, 0.2) is 47.3 Å². The van der Waals surface area contributed by atoms with Gasteiger partial charge in [0.25, 0.3) is 0 Å². The summed E-state index contributed by atoms with van der Waals surface area (Å²) < 4.78 is 0. The van der Waals surface area contributed by atoms with Gasteiger partial charge in [-0.25, -0.2) is 4.79 Å². The molecule has 1 saturated heterocycles. The SMILES string of the molecule is NCc1ccccc1C1CCN(C(=O)Cc2ccc3[nH]c(=O)[nH]c3c2)CC1. The Kier molecular flexibility index (Phi) is 4.81. The van der Waals surface area contributed by atoms with E-state index in [1.807, 2.05) is 29.2 Å². The first-order chi connectivity index (χ1) is 13.1.